The first-order chi connectivity index (χ1) is 19.2. The van der Waals surface area contributed by atoms with Crippen molar-refractivity contribution in [2.75, 3.05) is 13.1 Å². The third kappa shape index (κ3) is 8.69. The number of carbonyl (C=O) groups is 4. The van der Waals surface area contributed by atoms with Gasteiger partial charge >= 0.3 is 24.8 Å². The van der Waals surface area contributed by atoms with Crippen molar-refractivity contribution >= 4 is 82.7 Å². The van der Waals surface area contributed by atoms with Crippen molar-refractivity contribution in [3.05, 3.63) is 42.2 Å². The summed E-state index contributed by atoms with van der Waals surface area (Å²) in [5.74, 6) is 0.408. The molecule has 0 bridgehead atoms. The van der Waals surface area contributed by atoms with Crippen LogP contribution in [0.15, 0.2) is 25.6 Å². The van der Waals surface area contributed by atoms with Gasteiger partial charge in [0.15, 0.2) is 0 Å². The SMILES string of the molecule is CCCCC(CC)CN1C(=O)c2cc(Br)sc2C1=O.CCCCC(CC)CN1C(=O)c2ccsc2C1=O.[B]=NS. The van der Waals surface area contributed by atoms with E-state index in [4.69, 9.17) is 0 Å². The Morgan fingerprint density at radius 2 is 1.32 bits per heavy atom. The zero-order chi connectivity index (χ0) is 29.8. The number of nitrogens with zero attached hydrogens (tertiary/aromatic N) is 3. The molecule has 2 unspecified atom stereocenters. The molecule has 0 aliphatic carbocycles. The summed E-state index contributed by atoms with van der Waals surface area (Å²) in [5.41, 5.74) is 1.16. The third-order valence-electron chi connectivity index (χ3n) is 7.17. The standard InChI is InChI=1S/C14H18BrNO2S.C14H19NO2S.BHNS/c1-3-5-6-9(4-2)8-16-13(17)10-7-11(15)19-12(10)14(16)18;1-3-5-6-10(4-2)9-15-13(16)11-7-8-18-12(11)14(15)17;1-2-3/h7,9H,3-6,8H2,1-2H3;7-8,10H,3-6,9H2,1-2H3;3H. The van der Waals surface area contributed by atoms with Crippen molar-refractivity contribution in [3.63, 3.8) is 0 Å². The molecule has 1 radical (unpaired) electrons. The summed E-state index contributed by atoms with van der Waals surface area (Å²) in [6.45, 7) is 9.71. The number of unbranched alkanes of at least 4 members (excludes halogenated alkanes) is 2. The van der Waals surface area contributed by atoms with Crippen molar-refractivity contribution in [2.24, 2.45) is 16.1 Å². The van der Waals surface area contributed by atoms with Gasteiger partial charge in [0.25, 0.3) is 23.6 Å². The van der Waals surface area contributed by atoms with E-state index in [-0.39, 0.29) is 23.6 Å². The van der Waals surface area contributed by atoms with Crippen LogP contribution in [0.4, 0.5) is 0 Å². The maximum atomic E-state index is 12.2. The molecule has 2 aromatic heterocycles. The molecule has 0 saturated heterocycles. The van der Waals surface area contributed by atoms with Gasteiger partial charge in [-0.1, -0.05) is 66.2 Å². The molecular weight excluding hydrogens is 629 g/mol. The Labute approximate surface area is 260 Å². The summed E-state index contributed by atoms with van der Waals surface area (Å²) < 4.78 is 3.54. The van der Waals surface area contributed by atoms with Crippen molar-refractivity contribution in [1.82, 2.24) is 9.80 Å². The van der Waals surface area contributed by atoms with Crippen LogP contribution >= 0.6 is 51.4 Å². The predicted molar refractivity (Wildman–Crippen MR) is 171 cm³/mol. The second-order valence-electron chi connectivity index (χ2n) is 9.85. The Hall–Kier alpha value is -1.63. The molecule has 7 nitrogen and oxygen atoms in total. The molecule has 0 fully saturated rings. The van der Waals surface area contributed by atoms with E-state index >= 15 is 0 Å². The molecule has 2 aromatic rings. The Kier molecular flexibility index (Phi) is 15.0. The molecule has 0 saturated carbocycles. The zero-order valence-corrected chi connectivity index (χ0v) is 27.8. The van der Waals surface area contributed by atoms with E-state index in [0.717, 1.165) is 55.2 Å². The first-order valence-electron chi connectivity index (χ1n) is 13.8. The number of fused-ring (bicyclic) bond motifs is 2. The van der Waals surface area contributed by atoms with Crippen LogP contribution in [0.25, 0.3) is 0 Å². The molecule has 4 rings (SSSR count). The molecule has 2 aliphatic heterocycles. The molecule has 4 heterocycles. The molecule has 2 atom stereocenters. The van der Waals surface area contributed by atoms with Gasteiger partial charge in [0.2, 0.25) is 0 Å². The molecule has 0 spiro atoms. The van der Waals surface area contributed by atoms with Crippen molar-refractivity contribution in [3.8, 4) is 0 Å². The number of hydrogen-bond donors (Lipinski definition) is 1. The second kappa shape index (κ2) is 17.4. The molecule has 0 N–H and O–H groups in total. The molecule has 4 amide bonds. The number of rotatable bonds is 12. The fraction of sp³-hybridized carbons (Fsp3) is 0.571. The van der Waals surface area contributed by atoms with E-state index in [2.05, 4.69) is 68.4 Å². The summed E-state index contributed by atoms with van der Waals surface area (Å²) in [7, 11) is 4.34. The summed E-state index contributed by atoms with van der Waals surface area (Å²) in [4.78, 5) is 52.8. The van der Waals surface area contributed by atoms with Gasteiger partial charge in [-0.25, -0.2) is 0 Å². The van der Waals surface area contributed by atoms with Gasteiger partial charge in [0.05, 0.1) is 14.9 Å². The summed E-state index contributed by atoms with van der Waals surface area (Å²) >= 11 is 9.24. The van der Waals surface area contributed by atoms with Crippen LogP contribution in [0.2, 0.25) is 0 Å². The van der Waals surface area contributed by atoms with E-state index in [1.165, 1.54) is 32.5 Å². The quantitative estimate of drug-likeness (QED) is 0.141. The van der Waals surface area contributed by atoms with Gasteiger partial charge in [-0.3, -0.25) is 29.0 Å². The normalized spacial score (nSPS) is 15.2. The van der Waals surface area contributed by atoms with Gasteiger partial charge in [0, 0.05) is 13.1 Å². The van der Waals surface area contributed by atoms with E-state index < -0.39 is 0 Å². The fourth-order valence-corrected chi connectivity index (χ4v) is 7.10. The topological polar surface area (TPSA) is 87.1 Å². The monoisotopic (exact) mass is 666 g/mol. The minimum absolute atomic E-state index is 0.0973. The molecule has 12 heteroatoms. The van der Waals surface area contributed by atoms with Crippen molar-refractivity contribution < 1.29 is 19.2 Å². The van der Waals surface area contributed by atoms with Gasteiger partial charge in [-0.2, -0.15) is 0 Å². The molecular formula is C28H38BBrN3O4S3. The average Bonchev–Trinajstić information content (AvgIpc) is 3.68. The number of carbonyl (C=O) groups excluding carboxylic acids is 4. The van der Waals surface area contributed by atoms with Crippen LogP contribution in [0.5, 0.6) is 0 Å². The third-order valence-corrected chi connectivity index (χ3v) is 9.69. The summed E-state index contributed by atoms with van der Waals surface area (Å²) in [6.07, 6.45) is 8.83. The van der Waals surface area contributed by atoms with E-state index in [0.29, 0.717) is 45.8 Å². The maximum absolute atomic E-state index is 12.2. The first-order valence-corrected chi connectivity index (χ1v) is 16.7. The number of halogens is 1. The van der Waals surface area contributed by atoms with Crippen molar-refractivity contribution in [1.29, 1.82) is 0 Å². The van der Waals surface area contributed by atoms with Gasteiger partial charge in [0.1, 0.15) is 9.75 Å². The number of imide groups is 2. The van der Waals surface area contributed by atoms with Crippen LogP contribution < -0.4 is 0 Å². The van der Waals surface area contributed by atoms with E-state index in [9.17, 15) is 19.2 Å². The van der Waals surface area contributed by atoms with Crippen LogP contribution in [-0.4, -0.2) is 54.2 Å². The minimum atomic E-state index is -0.128. The van der Waals surface area contributed by atoms with Crippen LogP contribution in [0.1, 0.15) is 119 Å². The summed E-state index contributed by atoms with van der Waals surface area (Å²) in [6, 6.07) is 3.51. The number of thiol groups is 1. The number of amides is 4. The Bertz CT molecular complexity index is 1120. The van der Waals surface area contributed by atoms with Crippen LogP contribution in [-0.2, 0) is 0 Å². The van der Waals surface area contributed by atoms with Crippen LogP contribution in [0.3, 0.4) is 0 Å². The van der Waals surface area contributed by atoms with Crippen LogP contribution in [0, 0.1) is 11.8 Å². The molecule has 217 valence electrons. The Morgan fingerprint density at radius 1 is 0.850 bits per heavy atom. The molecule has 0 aromatic carbocycles. The Balaban J connectivity index is 0.000000256. The molecule has 2 aliphatic rings. The predicted octanol–water partition coefficient (Wildman–Crippen LogP) is 8.07. The molecule has 40 heavy (non-hydrogen) atoms. The second-order valence-corrected chi connectivity index (χ2v) is 13.4. The van der Waals surface area contributed by atoms with Crippen molar-refractivity contribution in [2.45, 2.75) is 79.1 Å². The summed E-state index contributed by atoms with van der Waals surface area (Å²) in [5, 5.41) is 1.81. The van der Waals surface area contributed by atoms with Gasteiger partial charge in [-0.05, 0) is 58.1 Å². The van der Waals surface area contributed by atoms with Gasteiger partial charge < -0.3 is 0 Å². The number of hydrogen-bond acceptors (Lipinski definition) is 8. The van der Waals surface area contributed by atoms with E-state index in [1.54, 1.807) is 12.1 Å². The number of thiophene rings is 2. The fourth-order valence-electron chi connectivity index (χ4n) is 4.73. The first kappa shape index (κ1) is 34.6. The Morgan fingerprint density at radius 3 is 1.75 bits per heavy atom. The average molecular weight is 668 g/mol. The zero-order valence-electron chi connectivity index (χ0n) is 23.7. The van der Waals surface area contributed by atoms with Gasteiger partial charge in [-0.15, -0.1) is 22.7 Å². The van der Waals surface area contributed by atoms with E-state index in [1.807, 2.05) is 5.38 Å².